The Kier molecular flexibility index (Phi) is 6.29. The van der Waals surface area contributed by atoms with E-state index < -0.39 is 46.8 Å². The standard InChI is InChI=1S/C30H23Br2NO6S/c1-14-12-18-27(40-14)29(37)30(28(18)36)23-22(26(39-30)16-4-7-19(31)20(32)13-16)24(34)21(25(23)35)15-2-5-17(6-3-15)33-8-10-38-11-9-33/h2-7,12-13,21-23,26H,8-11H2,1H3/t21?,22?,23-,26-,30?/m0/s1. The number of anilines is 1. The fraction of sp³-hybridized carbons (Fsp3) is 0.333. The van der Waals surface area contributed by atoms with Crippen molar-refractivity contribution >= 4 is 72.0 Å². The zero-order valence-corrected chi connectivity index (χ0v) is 25.3. The van der Waals surface area contributed by atoms with Gasteiger partial charge in [0.2, 0.25) is 17.2 Å². The molecule has 1 saturated carbocycles. The third-order valence-corrected chi connectivity index (χ3v) is 11.4. The van der Waals surface area contributed by atoms with Crippen LogP contribution >= 0.6 is 43.2 Å². The van der Waals surface area contributed by atoms with Crippen LogP contribution in [-0.4, -0.2) is 55.0 Å². The molecule has 0 bridgehead atoms. The molecule has 2 aliphatic heterocycles. The van der Waals surface area contributed by atoms with E-state index in [0.29, 0.717) is 29.2 Å². The number of hydrogen-bond acceptors (Lipinski definition) is 8. The second-order valence-corrected chi connectivity index (χ2v) is 13.6. The third-order valence-electron chi connectivity index (χ3n) is 8.50. The molecule has 10 heteroatoms. The van der Waals surface area contributed by atoms with Gasteiger partial charge in [0.25, 0.3) is 0 Å². The average molecular weight is 685 g/mol. The predicted octanol–water partition coefficient (Wildman–Crippen LogP) is 5.48. The van der Waals surface area contributed by atoms with Crippen LogP contribution in [0.3, 0.4) is 0 Å². The van der Waals surface area contributed by atoms with Gasteiger partial charge in [-0.1, -0.05) is 18.2 Å². The van der Waals surface area contributed by atoms with E-state index in [1.165, 1.54) is 11.3 Å². The minimum absolute atomic E-state index is 0.280. The fourth-order valence-electron chi connectivity index (χ4n) is 6.68. The normalized spacial score (nSPS) is 29.5. The number of nitrogens with zero attached hydrogens (tertiary/aromatic N) is 1. The molecule has 7 nitrogen and oxygen atoms in total. The molecule has 1 aromatic heterocycles. The maximum absolute atomic E-state index is 14.2. The van der Waals surface area contributed by atoms with E-state index in [0.717, 1.165) is 32.6 Å². The number of morpholine rings is 1. The highest BCUT2D eigenvalue weighted by Crippen LogP contribution is 2.60. The molecule has 204 valence electrons. The van der Waals surface area contributed by atoms with E-state index in [1.807, 2.05) is 37.3 Å². The van der Waals surface area contributed by atoms with Gasteiger partial charge in [-0.2, -0.15) is 0 Å². The zero-order chi connectivity index (χ0) is 27.9. The Morgan fingerprint density at radius 2 is 1.57 bits per heavy atom. The molecule has 1 spiro atoms. The van der Waals surface area contributed by atoms with Crippen molar-refractivity contribution in [1.29, 1.82) is 0 Å². The molecular formula is C30H23Br2NO6S. The van der Waals surface area contributed by atoms with Crippen molar-refractivity contribution in [2.24, 2.45) is 11.8 Å². The van der Waals surface area contributed by atoms with E-state index in [9.17, 15) is 19.2 Å². The number of benzene rings is 2. The van der Waals surface area contributed by atoms with Gasteiger partial charge in [-0.3, -0.25) is 19.2 Å². The number of halogens is 2. The van der Waals surface area contributed by atoms with Gasteiger partial charge in [0.05, 0.1) is 36.0 Å². The first-order valence-corrected chi connectivity index (χ1v) is 15.5. The van der Waals surface area contributed by atoms with Gasteiger partial charge in [0.1, 0.15) is 5.92 Å². The highest BCUT2D eigenvalue weighted by molar-refractivity contribution is 9.13. The number of thiophene rings is 1. The van der Waals surface area contributed by atoms with Crippen molar-refractivity contribution in [3.05, 3.63) is 83.9 Å². The van der Waals surface area contributed by atoms with Crippen LogP contribution < -0.4 is 4.90 Å². The van der Waals surface area contributed by atoms with Gasteiger partial charge in [0, 0.05) is 38.2 Å². The van der Waals surface area contributed by atoms with Gasteiger partial charge in [-0.15, -0.1) is 11.3 Å². The minimum Gasteiger partial charge on any atom is -0.378 e. The molecule has 5 atom stereocenters. The SMILES string of the molecule is Cc1cc2c(s1)C(=O)C1(O[C@@H](c3ccc(Br)c(Br)c3)C3C(=O)C(c4ccc(N5CCOCC5)cc4)C(=O)[C@H]31)C2=O. The first-order chi connectivity index (χ1) is 19.2. The molecule has 3 unspecified atom stereocenters. The lowest BCUT2D eigenvalue weighted by Gasteiger charge is -2.29. The summed E-state index contributed by atoms with van der Waals surface area (Å²) in [6.07, 6.45) is -0.925. The molecule has 0 N–H and O–H groups in total. The largest absolute Gasteiger partial charge is 0.378 e. The number of ether oxygens (including phenoxy) is 2. The van der Waals surface area contributed by atoms with Crippen molar-refractivity contribution < 1.29 is 28.7 Å². The van der Waals surface area contributed by atoms with E-state index in [1.54, 1.807) is 18.2 Å². The lowest BCUT2D eigenvalue weighted by atomic mass is 9.77. The Morgan fingerprint density at radius 3 is 2.25 bits per heavy atom. The quantitative estimate of drug-likeness (QED) is 0.338. The summed E-state index contributed by atoms with van der Waals surface area (Å²) in [7, 11) is 0. The maximum atomic E-state index is 14.2. The van der Waals surface area contributed by atoms with E-state index >= 15 is 0 Å². The van der Waals surface area contributed by atoms with Gasteiger partial charge in [0.15, 0.2) is 11.6 Å². The lowest BCUT2D eigenvalue weighted by molar-refractivity contribution is -0.129. The van der Waals surface area contributed by atoms with Crippen LogP contribution in [-0.2, 0) is 19.1 Å². The highest BCUT2D eigenvalue weighted by Gasteiger charge is 2.75. The Labute approximate surface area is 251 Å². The second-order valence-electron chi connectivity index (χ2n) is 10.6. The lowest BCUT2D eigenvalue weighted by Crippen LogP contribution is -2.49. The highest BCUT2D eigenvalue weighted by atomic mass is 79.9. The molecule has 3 heterocycles. The molecule has 40 heavy (non-hydrogen) atoms. The third kappa shape index (κ3) is 3.66. The minimum atomic E-state index is -2.03. The molecule has 2 aromatic carbocycles. The Morgan fingerprint density at radius 1 is 0.875 bits per heavy atom. The van der Waals surface area contributed by atoms with Crippen molar-refractivity contribution in [2.45, 2.75) is 24.5 Å². The summed E-state index contributed by atoms with van der Waals surface area (Å²) in [5.41, 5.74) is 0.430. The molecular weight excluding hydrogens is 662 g/mol. The Balaban J connectivity index is 1.32. The van der Waals surface area contributed by atoms with Crippen molar-refractivity contribution in [2.75, 3.05) is 31.2 Å². The number of carbonyl (C=O) groups excluding carboxylic acids is 4. The van der Waals surface area contributed by atoms with Crippen LogP contribution in [0.15, 0.2) is 57.5 Å². The topological polar surface area (TPSA) is 90.0 Å². The predicted molar refractivity (Wildman–Crippen MR) is 155 cm³/mol. The molecule has 4 aliphatic rings. The Bertz CT molecular complexity index is 1580. The van der Waals surface area contributed by atoms with Crippen LogP contribution in [0, 0.1) is 18.8 Å². The number of fused-ring (bicyclic) bond motifs is 3. The van der Waals surface area contributed by atoms with Crippen molar-refractivity contribution in [3.8, 4) is 0 Å². The number of hydrogen-bond donors (Lipinski definition) is 0. The number of Topliss-reactive ketones (excluding diaryl/α,β-unsaturated/α-hetero) is 4. The summed E-state index contributed by atoms with van der Waals surface area (Å²) in [4.78, 5) is 59.7. The monoisotopic (exact) mass is 683 g/mol. The second kappa shape index (κ2) is 9.52. The van der Waals surface area contributed by atoms with Gasteiger partial charge >= 0.3 is 0 Å². The summed E-state index contributed by atoms with van der Waals surface area (Å²) in [5, 5.41) is 0. The molecule has 2 saturated heterocycles. The molecule has 0 amide bonds. The van der Waals surface area contributed by atoms with Gasteiger partial charge in [-0.25, -0.2) is 0 Å². The van der Waals surface area contributed by atoms with Crippen LogP contribution in [0.25, 0.3) is 0 Å². The summed E-state index contributed by atoms with van der Waals surface area (Å²) >= 11 is 8.20. The number of ketones is 4. The maximum Gasteiger partial charge on any atom is 0.214 e. The van der Waals surface area contributed by atoms with Crippen molar-refractivity contribution in [3.63, 3.8) is 0 Å². The van der Waals surface area contributed by atoms with Crippen molar-refractivity contribution in [1.82, 2.24) is 0 Å². The van der Waals surface area contributed by atoms with Crippen LogP contribution in [0.1, 0.15) is 48.1 Å². The molecule has 3 fully saturated rings. The number of aryl methyl sites for hydroxylation is 1. The number of rotatable bonds is 3. The van der Waals surface area contributed by atoms with E-state index in [-0.39, 0.29) is 11.3 Å². The summed E-state index contributed by atoms with van der Waals surface area (Å²) in [6.45, 7) is 4.66. The molecule has 2 aliphatic carbocycles. The Hall–Kier alpha value is -2.50. The van der Waals surface area contributed by atoms with Gasteiger partial charge in [-0.05, 0) is 80.2 Å². The molecule has 3 aromatic rings. The summed E-state index contributed by atoms with van der Waals surface area (Å²) < 4.78 is 13.4. The number of carbonyl (C=O) groups is 4. The van der Waals surface area contributed by atoms with E-state index in [2.05, 4.69) is 36.8 Å². The summed E-state index contributed by atoms with van der Waals surface area (Å²) in [5.74, 6) is -5.01. The van der Waals surface area contributed by atoms with Crippen LogP contribution in [0.4, 0.5) is 5.69 Å². The first kappa shape index (κ1) is 26.4. The first-order valence-electron chi connectivity index (χ1n) is 13.1. The zero-order valence-electron chi connectivity index (χ0n) is 21.3. The smallest absolute Gasteiger partial charge is 0.214 e. The van der Waals surface area contributed by atoms with Gasteiger partial charge < -0.3 is 14.4 Å². The summed E-state index contributed by atoms with van der Waals surface area (Å²) in [6, 6.07) is 14.5. The average Bonchev–Trinajstić information content (AvgIpc) is 3.65. The van der Waals surface area contributed by atoms with Crippen LogP contribution in [0.2, 0.25) is 0 Å². The van der Waals surface area contributed by atoms with E-state index in [4.69, 9.17) is 9.47 Å². The molecule has 7 rings (SSSR count). The van der Waals surface area contributed by atoms with Crippen LogP contribution in [0.5, 0.6) is 0 Å². The fourth-order valence-corrected chi connectivity index (χ4v) is 8.33. The molecule has 0 radical (unpaired) electrons.